The standard InChI is InChI=1S/C15H21NO/c1-4-13(10-16)15(17)14-7-5-12(6-8-14)9-11(2)3/h5-8,11,13,15,17H,4,9H2,1-3H3. The minimum atomic E-state index is -0.668. The average molecular weight is 231 g/mol. The van der Waals surface area contributed by atoms with Crippen molar-refractivity contribution in [1.29, 1.82) is 5.26 Å². The molecule has 0 aromatic heterocycles. The maximum Gasteiger partial charge on any atom is 0.0948 e. The van der Waals surface area contributed by atoms with E-state index in [-0.39, 0.29) is 5.92 Å². The second-order valence-corrected chi connectivity index (χ2v) is 4.93. The number of nitrogens with zero attached hydrogens (tertiary/aromatic N) is 1. The third-order valence-corrected chi connectivity index (χ3v) is 2.95. The molecule has 2 atom stereocenters. The predicted octanol–water partition coefficient (Wildman–Crippen LogP) is 3.47. The summed E-state index contributed by atoms with van der Waals surface area (Å²) in [5, 5.41) is 19.0. The van der Waals surface area contributed by atoms with Crippen LogP contribution in [0.5, 0.6) is 0 Å². The van der Waals surface area contributed by atoms with Gasteiger partial charge in [-0.05, 0) is 29.9 Å². The predicted molar refractivity (Wildman–Crippen MR) is 69.3 cm³/mol. The Balaban J connectivity index is 2.77. The van der Waals surface area contributed by atoms with Gasteiger partial charge in [0.15, 0.2) is 0 Å². The number of nitriles is 1. The van der Waals surface area contributed by atoms with Gasteiger partial charge in [-0.15, -0.1) is 0 Å². The van der Waals surface area contributed by atoms with Gasteiger partial charge in [-0.25, -0.2) is 0 Å². The lowest BCUT2D eigenvalue weighted by Gasteiger charge is -2.15. The molecule has 0 radical (unpaired) electrons. The Morgan fingerprint density at radius 3 is 2.24 bits per heavy atom. The van der Waals surface area contributed by atoms with Crippen molar-refractivity contribution < 1.29 is 5.11 Å². The summed E-state index contributed by atoms with van der Waals surface area (Å²) in [6, 6.07) is 10.1. The van der Waals surface area contributed by atoms with Gasteiger partial charge in [-0.3, -0.25) is 0 Å². The van der Waals surface area contributed by atoms with Crippen molar-refractivity contribution in [2.24, 2.45) is 11.8 Å². The first-order chi connectivity index (χ1) is 8.08. The zero-order valence-electron chi connectivity index (χ0n) is 10.9. The molecular formula is C15H21NO. The fourth-order valence-corrected chi connectivity index (χ4v) is 1.94. The highest BCUT2D eigenvalue weighted by atomic mass is 16.3. The molecule has 1 rings (SSSR count). The zero-order valence-corrected chi connectivity index (χ0v) is 10.9. The van der Waals surface area contributed by atoms with E-state index in [0.717, 1.165) is 12.0 Å². The lowest BCUT2D eigenvalue weighted by atomic mass is 9.93. The quantitative estimate of drug-likeness (QED) is 0.843. The third kappa shape index (κ3) is 3.87. The van der Waals surface area contributed by atoms with Crippen molar-refractivity contribution in [3.8, 4) is 6.07 Å². The van der Waals surface area contributed by atoms with Crippen molar-refractivity contribution in [1.82, 2.24) is 0 Å². The summed E-state index contributed by atoms with van der Waals surface area (Å²) in [6.45, 7) is 6.29. The number of rotatable bonds is 5. The van der Waals surface area contributed by atoms with Gasteiger partial charge in [0.05, 0.1) is 18.1 Å². The van der Waals surface area contributed by atoms with Crippen LogP contribution < -0.4 is 0 Å². The van der Waals surface area contributed by atoms with E-state index < -0.39 is 6.10 Å². The van der Waals surface area contributed by atoms with Gasteiger partial charge in [0, 0.05) is 0 Å². The fourth-order valence-electron chi connectivity index (χ4n) is 1.94. The number of aliphatic hydroxyl groups is 1. The van der Waals surface area contributed by atoms with E-state index in [0.29, 0.717) is 12.3 Å². The van der Waals surface area contributed by atoms with Crippen LogP contribution in [0, 0.1) is 23.2 Å². The van der Waals surface area contributed by atoms with E-state index in [1.165, 1.54) is 5.56 Å². The average Bonchev–Trinajstić information content (AvgIpc) is 2.30. The molecule has 0 fully saturated rings. The number of benzene rings is 1. The monoisotopic (exact) mass is 231 g/mol. The normalized spacial score (nSPS) is 14.4. The van der Waals surface area contributed by atoms with Crippen LogP contribution in [0.15, 0.2) is 24.3 Å². The lowest BCUT2D eigenvalue weighted by molar-refractivity contribution is 0.133. The Morgan fingerprint density at radius 2 is 1.82 bits per heavy atom. The summed E-state index contributed by atoms with van der Waals surface area (Å²) < 4.78 is 0. The molecule has 2 heteroatoms. The molecule has 1 aromatic rings. The van der Waals surface area contributed by atoms with Gasteiger partial charge < -0.3 is 5.11 Å². The number of hydrogen-bond acceptors (Lipinski definition) is 2. The maximum absolute atomic E-state index is 10.0. The lowest BCUT2D eigenvalue weighted by Crippen LogP contribution is -2.09. The first-order valence-electron chi connectivity index (χ1n) is 6.25. The molecule has 0 amide bonds. The summed E-state index contributed by atoms with van der Waals surface area (Å²) in [5.41, 5.74) is 2.12. The summed E-state index contributed by atoms with van der Waals surface area (Å²) >= 11 is 0. The first-order valence-corrected chi connectivity index (χ1v) is 6.25. The van der Waals surface area contributed by atoms with Gasteiger partial charge >= 0.3 is 0 Å². The molecular weight excluding hydrogens is 210 g/mol. The summed E-state index contributed by atoms with van der Waals surface area (Å²) in [6.07, 6.45) is 1.05. The SMILES string of the molecule is CCC(C#N)C(O)c1ccc(CC(C)C)cc1. The van der Waals surface area contributed by atoms with Crippen molar-refractivity contribution in [2.75, 3.05) is 0 Å². The molecule has 1 N–H and O–H groups in total. The van der Waals surface area contributed by atoms with E-state index in [9.17, 15) is 5.11 Å². The Hall–Kier alpha value is -1.33. The summed E-state index contributed by atoms with van der Waals surface area (Å²) in [4.78, 5) is 0. The molecule has 0 heterocycles. The largest absolute Gasteiger partial charge is 0.387 e. The van der Waals surface area contributed by atoms with Crippen molar-refractivity contribution in [3.63, 3.8) is 0 Å². The highest BCUT2D eigenvalue weighted by Gasteiger charge is 2.18. The molecule has 2 unspecified atom stereocenters. The zero-order chi connectivity index (χ0) is 12.8. The molecule has 0 aliphatic carbocycles. The van der Waals surface area contributed by atoms with Crippen LogP contribution in [-0.4, -0.2) is 5.11 Å². The minimum absolute atomic E-state index is 0.314. The van der Waals surface area contributed by atoms with Crippen LogP contribution in [0.3, 0.4) is 0 Å². The van der Waals surface area contributed by atoms with E-state index in [1.54, 1.807) is 0 Å². The maximum atomic E-state index is 10.0. The van der Waals surface area contributed by atoms with Gasteiger partial charge in [0.1, 0.15) is 0 Å². The third-order valence-electron chi connectivity index (χ3n) is 2.95. The van der Waals surface area contributed by atoms with Crippen LogP contribution in [0.2, 0.25) is 0 Å². The van der Waals surface area contributed by atoms with Crippen LogP contribution in [0.25, 0.3) is 0 Å². The van der Waals surface area contributed by atoms with Crippen LogP contribution >= 0.6 is 0 Å². The smallest absolute Gasteiger partial charge is 0.0948 e. The van der Waals surface area contributed by atoms with E-state index in [1.807, 2.05) is 31.2 Å². The van der Waals surface area contributed by atoms with Crippen molar-refractivity contribution in [3.05, 3.63) is 35.4 Å². The molecule has 0 bridgehead atoms. The van der Waals surface area contributed by atoms with Crippen molar-refractivity contribution in [2.45, 2.75) is 39.7 Å². The Labute approximate surface area is 104 Å². The Bertz CT molecular complexity index is 375. The highest BCUT2D eigenvalue weighted by molar-refractivity contribution is 5.25. The van der Waals surface area contributed by atoms with Gasteiger partial charge in [0.25, 0.3) is 0 Å². The fraction of sp³-hybridized carbons (Fsp3) is 0.533. The van der Waals surface area contributed by atoms with Gasteiger partial charge in [-0.2, -0.15) is 5.26 Å². The Morgan fingerprint density at radius 1 is 1.24 bits per heavy atom. The molecule has 17 heavy (non-hydrogen) atoms. The van der Waals surface area contributed by atoms with Crippen LogP contribution in [0.4, 0.5) is 0 Å². The van der Waals surface area contributed by atoms with Crippen LogP contribution in [-0.2, 0) is 6.42 Å². The number of hydrogen-bond donors (Lipinski definition) is 1. The van der Waals surface area contributed by atoms with Crippen molar-refractivity contribution >= 4 is 0 Å². The van der Waals surface area contributed by atoms with Crippen LogP contribution in [0.1, 0.15) is 44.4 Å². The molecule has 0 saturated carbocycles. The highest BCUT2D eigenvalue weighted by Crippen LogP contribution is 2.24. The topological polar surface area (TPSA) is 44.0 Å². The second kappa shape index (κ2) is 6.42. The van der Waals surface area contributed by atoms with Gasteiger partial charge in [-0.1, -0.05) is 45.0 Å². The molecule has 0 aliphatic heterocycles. The van der Waals surface area contributed by atoms with Gasteiger partial charge in [0.2, 0.25) is 0 Å². The molecule has 0 aliphatic rings. The molecule has 92 valence electrons. The van der Waals surface area contributed by atoms with E-state index in [2.05, 4.69) is 19.9 Å². The summed E-state index contributed by atoms with van der Waals surface area (Å²) in [7, 11) is 0. The molecule has 0 spiro atoms. The summed E-state index contributed by atoms with van der Waals surface area (Å²) in [5.74, 6) is 0.319. The molecule has 2 nitrogen and oxygen atoms in total. The van der Waals surface area contributed by atoms with E-state index >= 15 is 0 Å². The Kier molecular flexibility index (Phi) is 5.18. The first kappa shape index (κ1) is 13.7. The molecule has 1 aromatic carbocycles. The number of aliphatic hydroxyl groups excluding tert-OH is 1. The second-order valence-electron chi connectivity index (χ2n) is 4.93. The molecule has 0 saturated heterocycles. The van der Waals surface area contributed by atoms with E-state index in [4.69, 9.17) is 5.26 Å². The minimum Gasteiger partial charge on any atom is -0.387 e.